The predicted molar refractivity (Wildman–Crippen MR) is 83.8 cm³/mol. The fourth-order valence-electron chi connectivity index (χ4n) is 2.39. The predicted octanol–water partition coefficient (Wildman–Crippen LogP) is -3.86. The van der Waals surface area contributed by atoms with E-state index >= 15 is 0 Å². The molecule has 1 aromatic heterocycles. The summed E-state index contributed by atoms with van der Waals surface area (Å²) in [6, 6.07) is 5.02. The van der Waals surface area contributed by atoms with Gasteiger partial charge in [-0.3, -0.25) is 9.59 Å². The number of nitrogens with one attached hydrogen (secondary N) is 2. The topological polar surface area (TPSA) is 148 Å². The molecular weight excluding hydrogens is 337 g/mol. The molecule has 128 valence electrons. The number of carbonyl (C=O) groups is 3. The van der Waals surface area contributed by atoms with Gasteiger partial charge in [-0.1, -0.05) is 18.2 Å². The van der Waals surface area contributed by atoms with Crippen LogP contribution < -0.4 is 45.7 Å². The van der Waals surface area contributed by atoms with Crippen molar-refractivity contribution in [3.63, 3.8) is 0 Å². The van der Waals surface area contributed by atoms with E-state index in [0.717, 1.165) is 16.5 Å². The number of nitrogens with two attached hydrogens (primary N) is 1. The van der Waals surface area contributed by atoms with Crippen molar-refractivity contribution in [3.8, 4) is 0 Å². The van der Waals surface area contributed by atoms with Gasteiger partial charge in [0.2, 0.25) is 5.91 Å². The van der Waals surface area contributed by atoms with Crippen LogP contribution in [0.5, 0.6) is 0 Å². The molecule has 0 saturated carbocycles. The van der Waals surface area contributed by atoms with E-state index in [0.29, 0.717) is 0 Å². The summed E-state index contributed by atoms with van der Waals surface area (Å²) in [6.07, 6.45) is 1.50. The third-order valence-corrected chi connectivity index (χ3v) is 3.72. The first-order chi connectivity index (χ1) is 11.4. The summed E-state index contributed by atoms with van der Waals surface area (Å²) in [6.45, 7) is 0. The Morgan fingerprint density at radius 1 is 1.28 bits per heavy atom. The maximum atomic E-state index is 11.8. The number of carbonyl (C=O) groups excluding carboxylic acids is 2. The molecule has 0 spiro atoms. The summed E-state index contributed by atoms with van der Waals surface area (Å²) in [7, 11) is 0. The number of H-pyrrole nitrogens is 1. The second-order valence-corrected chi connectivity index (χ2v) is 5.49. The molecule has 0 aliphatic carbocycles. The van der Waals surface area contributed by atoms with Crippen LogP contribution in [0.15, 0.2) is 30.5 Å². The van der Waals surface area contributed by atoms with E-state index in [1.165, 1.54) is 0 Å². The van der Waals surface area contributed by atoms with Crippen LogP contribution >= 0.6 is 0 Å². The van der Waals surface area contributed by atoms with Gasteiger partial charge in [-0.2, -0.15) is 0 Å². The molecule has 1 aromatic carbocycles. The van der Waals surface area contributed by atoms with E-state index in [9.17, 15) is 19.5 Å². The Labute approximate surface area is 166 Å². The smallest absolute Gasteiger partial charge is 0.548 e. The first-order valence-electron chi connectivity index (χ1n) is 7.42. The number of para-hydroxylation sites is 1. The Bertz CT molecular complexity index is 761. The molecule has 2 atom stereocenters. The molecule has 8 nitrogen and oxygen atoms in total. The summed E-state index contributed by atoms with van der Waals surface area (Å²) in [5.74, 6) is -3.20. The van der Waals surface area contributed by atoms with E-state index in [1.807, 2.05) is 24.3 Å². The third-order valence-electron chi connectivity index (χ3n) is 3.72. The second-order valence-electron chi connectivity index (χ2n) is 5.49. The number of hydrogen-bond acceptors (Lipinski definition) is 5. The molecule has 1 heterocycles. The van der Waals surface area contributed by atoms with Gasteiger partial charge in [0.15, 0.2) is 0 Å². The average molecular weight is 355 g/mol. The van der Waals surface area contributed by atoms with Crippen LogP contribution in [0.1, 0.15) is 18.4 Å². The molecule has 0 radical (unpaired) electrons. The molecule has 0 aliphatic rings. The molecule has 0 fully saturated rings. The van der Waals surface area contributed by atoms with Gasteiger partial charge >= 0.3 is 35.5 Å². The SMILES string of the molecule is N[C@H](CCC(=O)N[C@@H](Cc1c[nH]c2ccccc12)C(=O)[O-])C(=O)O.[Na+]. The van der Waals surface area contributed by atoms with Crippen LogP contribution in [-0.2, 0) is 20.8 Å². The largest absolute Gasteiger partial charge is 1.00 e. The minimum Gasteiger partial charge on any atom is -0.548 e. The molecule has 25 heavy (non-hydrogen) atoms. The van der Waals surface area contributed by atoms with E-state index in [1.54, 1.807) is 6.20 Å². The molecular formula is C16H18N3NaO5. The van der Waals surface area contributed by atoms with Gasteiger partial charge in [-0.05, 0) is 18.1 Å². The maximum absolute atomic E-state index is 11.8. The molecule has 0 bridgehead atoms. The van der Waals surface area contributed by atoms with E-state index < -0.39 is 29.9 Å². The number of rotatable bonds is 8. The molecule has 0 aliphatic heterocycles. The Balaban J connectivity index is 0.00000312. The van der Waals surface area contributed by atoms with E-state index in [4.69, 9.17) is 10.8 Å². The van der Waals surface area contributed by atoms with Gasteiger partial charge < -0.3 is 31.0 Å². The number of fused-ring (bicyclic) bond motifs is 1. The van der Waals surface area contributed by atoms with Crippen molar-refractivity contribution in [2.24, 2.45) is 5.73 Å². The van der Waals surface area contributed by atoms with Crippen molar-refractivity contribution in [1.29, 1.82) is 0 Å². The Hall–Kier alpha value is -1.87. The van der Waals surface area contributed by atoms with Crippen molar-refractivity contribution < 1.29 is 54.2 Å². The van der Waals surface area contributed by atoms with Crippen molar-refractivity contribution in [3.05, 3.63) is 36.0 Å². The van der Waals surface area contributed by atoms with Crippen LogP contribution in [0.4, 0.5) is 0 Å². The van der Waals surface area contributed by atoms with E-state index in [-0.39, 0.29) is 48.8 Å². The first-order valence-corrected chi connectivity index (χ1v) is 7.42. The number of benzene rings is 1. The van der Waals surface area contributed by atoms with Gasteiger partial charge in [0.1, 0.15) is 6.04 Å². The monoisotopic (exact) mass is 355 g/mol. The van der Waals surface area contributed by atoms with E-state index in [2.05, 4.69) is 10.3 Å². The van der Waals surface area contributed by atoms with Crippen LogP contribution in [0, 0.1) is 0 Å². The maximum Gasteiger partial charge on any atom is 1.00 e. The number of aromatic amines is 1. The molecule has 0 saturated heterocycles. The van der Waals surface area contributed by atoms with Gasteiger partial charge in [0, 0.05) is 29.9 Å². The summed E-state index contributed by atoms with van der Waals surface area (Å²) in [5, 5.41) is 23.2. The number of hydrogen-bond donors (Lipinski definition) is 4. The third kappa shape index (κ3) is 5.86. The zero-order chi connectivity index (χ0) is 17.7. The van der Waals surface area contributed by atoms with Crippen LogP contribution in [0.25, 0.3) is 10.9 Å². The Morgan fingerprint density at radius 2 is 1.96 bits per heavy atom. The Kier molecular flexibility index (Phi) is 8.11. The summed E-state index contributed by atoms with van der Waals surface area (Å²) >= 11 is 0. The number of aliphatic carboxylic acids is 2. The van der Waals surface area contributed by atoms with Gasteiger partial charge in [-0.15, -0.1) is 0 Å². The van der Waals surface area contributed by atoms with Gasteiger partial charge in [-0.25, -0.2) is 0 Å². The Morgan fingerprint density at radius 3 is 2.60 bits per heavy atom. The molecule has 1 amide bonds. The molecule has 2 aromatic rings. The van der Waals surface area contributed by atoms with Crippen molar-refractivity contribution in [1.82, 2.24) is 10.3 Å². The van der Waals surface area contributed by atoms with Gasteiger partial charge in [0.25, 0.3) is 0 Å². The normalized spacial score (nSPS) is 12.8. The summed E-state index contributed by atoms with van der Waals surface area (Å²) in [5.41, 5.74) is 6.92. The zero-order valence-electron chi connectivity index (χ0n) is 13.8. The van der Waals surface area contributed by atoms with Gasteiger partial charge in [0.05, 0.1) is 12.0 Å². The van der Waals surface area contributed by atoms with Crippen LogP contribution in [0.3, 0.4) is 0 Å². The van der Waals surface area contributed by atoms with Crippen LogP contribution in [-0.4, -0.2) is 40.0 Å². The fourth-order valence-corrected chi connectivity index (χ4v) is 2.39. The van der Waals surface area contributed by atoms with Crippen molar-refractivity contribution in [2.75, 3.05) is 0 Å². The number of amides is 1. The van der Waals surface area contributed by atoms with Crippen molar-refractivity contribution in [2.45, 2.75) is 31.3 Å². The summed E-state index contributed by atoms with van der Waals surface area (Å²) in [4.78, 5) is 36.8. The number of carboxylic acid groups (broad SMARTS) is 2. The summed E-state index contributed by atoms with van der Waals surface area (Å²) < 4.78 is 0. The minimum atomic E-state index is -1.41. The standard InChI is InChI=1S/C16H19N3O5.Na/c17-11(15(21)22)5-6-14(20)19-13(16(23)24)7-9-8-18-12-4-2-1-3-10(9)12;/h1-4,8,11,13,18H,5-7,17H2,(H,19,20)(H,21,22)(H,23,24);/q;+1/p-1/t11-,13+;/m1./s1. The van der Waals surface area contributed by atoms with Crippen LogP contribution in [0.2, 0.25) is 0 Å². The number of aromatic nitrogens is 1. The average Bonchev–Trinajstić information content (AvgIpc) is 2.95. The fraction of sp³-hybridized carbons (Fsp3) is 0.312. The molecule has 9 heteroatoms. The van der Waals surface area contributed by atoms with Crippen molar-refractivity contribution >= 4 is 28.7 Å². The second kappa shape index (κ2) is 9.57. The number of carboxylic acids is 2. The molecule has 0 unspecified atom stereocenters. The molecule has 5 N–H and O–H groups in total. The minimum absolute atomic E-state index is 0. The zero-order valence-corrected chi connectivity index (χ0v) is 15.8. The first kappa shape index (κ1) is 21.2. The quantitative estimate of drug-likeness (QED) is 0.356. The molecule has 2 rings (SSSR count).